The van der Waals surface area contributed by atoms with Gasteiger partial charge in [0.15, 0.2) is 0 Å². The van der Waals surface area contributed by atoms with E-state index in [9.17, 15) is 4.21 Å². The second-order valence-electron chi connectivity index (χ2n) is 2.83. The molecule has 1 heterocycles. The molecule has 1 aliphatic carbocycles. The molecular formula is C8H10N2OS. The highest BCUT2D eigenvalue weighted by Gasteiger charge is 2.28. The van der Waals surface area contributed by atoms with Gasteiger partial charge >= 0.3 is 0 Å². The van der Waals surface area contributed by atoms with Crippen LogP contribution >= 0.6 is 0 Å². The summed E-state index contributed by atoms with van der Waals surface area (Å²) in [7, 11) is -0.889. The van der Waals surface area contributed by atoms with Gasteiger partial charge in [-0.3, -0.25) is 4.98 Å². The minimum atomic E-state index is -0.889. The van der Waals surface area contributed by atoms with Gasteiger partial charge in [-0.05, 0) is 25.0 Å². The van der Waals surface area contributed by atoms with Crippen LogP contribution in [0.3, 0.4) is 0 Å². The first-order valence-corrected chi connectivity index (χ1v) is 5.15. The van der Waals surface area contributed by atoms with E-state index in [1.54, 1.807) is 12.4 Å². The van der Waals surface area contributed by atoms with Crippen molar-refractivity contribution in [2.24, 2.45) is 0 Å². The number of nitrogens with one attached hydrogen (secondary N) is 1. The molecule has 0 aliphatic heterocycles. The quantitative estimate of drug-likeness (QED) is 0.766. The third-order valence-corrected chi connectivity index (χ3v) is 3.24. The summed E-state index contributed by atoms with van der Waals surface area (Å²) < 4.78 is 14.3. The number of anilines is 1. The summed E-state index contributed by atoms with van der Waals surface area (Å²) in [4.78, 5) is 3.87. The summed E-state index contributed by atoms with van der Waals surface area (Å²) in [5.41, 5.74) is 0.884. The van der Waals surface area contributed by atoms with E-state index >= 15 is 0 Å². The number of hydrogen-bond donors (Lipinski definition) is 1. The van der Waals surface area contributed by atoms with E-state index in [4.69, 9.17) is 0 Å². The predicted molar refractivity (Wildman–Crippen MR) is 49.0 cm³/mol. The fourth-order valence-corrected chi connectivity index (χ4v) is 2.00. The van der Waals surface area contributed by atoms with E-state index in [1.165, 1.54) is 0 Å². The third kappa shape index (κ3) is 1.82. The minimum absolute atomic E-state index is 0.373. The third-order valence-electron chi connectivity index (χ3n) is 1.73. The van der Waals surface area contributed by atoms with Gasteiger partial charge in [-0.1, -0.05) is 0 Å². The maximum Gasteiger partial charge on any atom is 0.120 e. The molecule has 0 radical (unpaired) electrons. The highest BCUT2D eigenvalue weighted by molar-refractivity contribution is 7.87. The van der Waals surface area contributed by atoms with Gasteiger partial charge in [0.25, 0.3) is 0 Å². The van der Waals surface area contributed by atoms with Crippen LogP contribution in [0.5, 0.6) is 0 Å². The molecule has 1 aliphatic rings. The molecule has 0 spiro atoms. The smallest absolute Gasteiger partial charge is 0.120 e. The summed E-state index contributed by atoms with van der Waals surface area (Å²) in [5.74, 6) is 0. The van der Waals surface area contributed by atoms with Crippen LogP contribution in [0.25, 0.3) is 0 Å². The van der Waals surface area contributed by atoms with Crippen molar-refractivity contribution >= 4 is 16.7 Å². The Labute approximate surface area is 73.8 Å². The van der Waals surface area contributed by atoms with Crippen molar-refractivity contribution in [3.05, 3.63) is 24.5 Å². The predicted octanol–water partition coefficient (Wildman–Crippen LogP) is 1.32. The van der Waals surface area contributed by atoms with Crippen LogP contribution in [0.4, 0.5) is 5.69 Å². The largest absolute Gasteiger partial charge is 0.305 e. The van der Waals surface area contributed by atoms with E-state index < -0.39 is 11.0 Å². The Hall–Kier alpha value is -0.900. The summed E-state index contributed by atoms with van der Waals surface area (Å²) in [6, 6.07) is 3.64. The maximum absolute atomic E-state index is 11.4. The van der Waals surface area contributed by atoms with Gasteiger partial charge in [-0.15, -0.1) is 0 Å². The molecule has 1 N–H and O–H groups in total. The summed E-state index contributed by atoms with van der Waals surface area (Å²) in [6.07, 6.45) is 5.55. The number of nitrogens with zero attached hydrogens (tertiary/aromatic N) is 1. The molecule has 0 saturated heterocycles. The fourth-order valence-electron chi connectivity index (χ4n) is 0.902. The van der Waals surface area contributed by atoms with Crippen molar-refractivity contribution in [1.82, 2.24) is 4.98 Å². The lowest BCUT2D eigenvalue weighted by Crippen LogP contribution is -2.08. The van der Waals surface area contributed by atoms with Crippen LogP contribution in [0.1, 0.15) is 12.8 Å². The van der Waals surface area contributed by atoms with Gasteiger partial charge in [0, 0.05) is 18.1 Å². The molecule has 1 unspecified atom stereocenters. The summed E-state index contributed by atoms with van der Waals surface area (Å²) in [5, 5.41) is 0.373. The standard InChI is InChI=1S/C8H10N2OS/c11-12(8-1-2-8)10-7-3-5-9-6-4-7/h3-6,8H,1-2H2,(H,9,10). The molecule has 2 rings (SSSR count). The van der Waals surface area contributed by atoms with E-state index in [-0.39, 0.29) is 0 Å². The molecule has 1 atom stereocenters. The SMILES string of the molecule is O=S(Nc1ccncc1)C1CC1. The number of rotatable bonds is 3. The first kappa shape index (κ1) is 7.73. The number of aromatic nitrogens is 1. The number of hydrogen-bond acceptors (Lipinski definition) is 2. The normalized spacial score (nSPS) is 18.7. The summed E-state index contributed by atoms with van der Waals surface area (Å²) in [6.45, 7) is 0. The monoisotopic (exact) mass is 182 g/mol. The lowest BCUT2D eigenvalue weighted by molar-refractivity contribution is 0.685. The van der Waals surface area contributed by atoms with E-state index in [0.29, 0.717) is 5.25 Å². The Bertz CT molecular complexity index is 284. The van der Waals surface area contributed by atoms with Crippen molar-refractivity contribution in [1.29, 1.82) is 0 Å². The van der Waals surface area contributed by atoms with Gasteiger partial charge in [0.05, 0.1) is 5.25 Å². The molecule has 1 aromatic heterocycles. The average molecular weight is 182 g/mol. The molecule has 12 heavy (non-hydrogen) atoms. The van der Waals surface area contributed by atoms with Gasteiger partial charge in [-0.25, -0.2) is 4.21 Å². The highest BCUT2D eigenvalue weighted by atomic mass is 32.2. The Morgan fingerprint density at radius 3 is 2.67 bits per heavy atom. The first-order valence-electron chi connectivity index (χ1n) is 3.93. The van der Waals surface area contributed by atoms with Gasteiger partial charge in [-0.2, -0.15) is 0 Å². The van der Waals surface area contributed by atoms with E-state index in [2.05, 4.69) is 9.71 Å². The van der Waals surface area contributed by atoms with Crippen LogP contribution in [0, 0.1) is 0 Å². The minimum Gasteiger partial charge on any atom is -0.305 e. The zero-order valence-electron chi connectivity index (χ0n) is 6.56. The fraction of sp³-hybridized carbons (Fsp3) is 0.375. The van der Waals surface area contributed by atoms with E-state index in [1.807, 2.05) is 12.1 Å². The van der Waals surface area contributed by atoms with Gasteiger partial charge < -0.3 is 4.72 Å². The first-order chi connectivity index (χ1) is 5.86. The average Bonchev–Trinajstić information content (AvgIpc) is 2.88. The lowest BCUT2D eigenvalue weighted by Gasteiger charge is -2.02. The second-order valence-corrected chi connectivity index (χ2v) is 4.30. The topological polar surface area (TPSA) is 42.0 Å². The van der Waals surface area contributed by atoms with Gasteiger partial charge in [0.1, 0.15) is 11.0 Å². The van der Waals surface area contributed by atoms with Crippen molar-refractivity contribution in [3.8, 4) is 0 Å². The van der Waals surface area contributed by atoms with Crippen LogP contribution in [-0.4, -0.2) is 14.4 Å². The van der Waals surface area contributed by atoms with Crippen molar-refractivity contribution in [2.45, 2.75) is 18.1 Å². The van der Waals surface area contributed by atoms with Gasteiger partial charge in [0.2, 0.25) is 0 Å². The van der Waals surface area contributed by atoms with Crippen LogP contribution in [0.15, 0.2) is 24.5 Å². The Morgan fingerprint density at radius 2 is 2.08 bits per heavy atom. The van der Waals surface area contributed by atoms with Crippen molar-refractivity contribution in [2.75, 3.05) is 4.72 Å². The molecule has 1 saturated carbocycles. The molecule has 1 aromatic rings. The maximum atomic E-state index is 11.4. The van der Waals surface area contributed by atoms with Crippen LogP contribution in [-0.2, 0) is 11.0 Å². The Balaban J connectivity index is 1.98. The molecule has 0 bridgehead atoms. The molecule has 3 nitrogen and oxygen atoms in total. The zero-order chi connectivity index (χ0) is 8.39. The molecule has 1 fully saturated rings. The highest BCUT2D eigenvalue weighted by Crippen LogP contribution is 2.26. The number of pyridine rings is 1. The van der Waals surface area contributed by atoms with Crippen LogP contribution < -0.4 is 4.72 Å². The van der Waals surface area contributed by atoms with Crippen molar-refractivity contribution in [3.63, 3.8) is 0 Å². The van der Waals surface area contributed by atoms with Crippen molar-refractivity contribution < 1.29 is 4.21 Å². The Kier molecular flexibility index (Phi) is 2.08. The lowest BCUT2D eigenvalue weighted by atomic mass is 10.4. The second kappa shape index (κ2) is 3.23. The molecule has 64 valence electrons. The Morgan fingerprint density at radius 1 is 1.42 bits per heavy atom. The molecule has 4 heteroatoms. The zero-order valence-corrected chi connectivity index (χ0v) is 7.38. The molecular weight excluding hydrogens is 172 g/mol. The summed E-state index contributed by atoms with van der Waals surface area (Å²) >= 11 is 0. The molecule has 0 aromatic carbocycles. The molecule has 0 amide bonds. The van der Waals surface area contributed by atoms with Crippen LogP contribution in [0.2, 0.25) is 0 Å². The van der Waals surface area contributed by atoms with E-state index in [0.717, 1.165) is 18.5 Å².